The van der Waals surface area contributed by atoms with E-state index in [0.717, 1.165) is 18.4 Å². The fourth-order valence-electron chi connectivity index (χ4n) is 2.24. The van der Waals surface area contributed by atoms with Crippen LogP contribution in [-0.4, -0.2) is 41.4 Å². The first-order valence-electron chi connectivity index (χ1n) is 8.00. The fraction of sp³-hybridized carbons (Fsp3) is 0.421. The van der Waals surface area contributed by atoms with Crippen molar-refractivity contribution in [2.75, 3.05) is 20.3 Å². The number of phenols is 2. The van der Waals surface area contributed by atoms with Crippen LogP contribution in [0, 0.1) is 0 Å². The third-order valence-electron chi connectivity index (χ3n) is 3.59. The highest BCUT2D eigenvalue weighted by atomic mass is 16.5. The van der Waals surface area contributed by atoms with Crippen LogP contribution in [0.1, 0.15) is 44.0 Å². The van der Waals surface area contributed by atoms with Crippen LogP contribution in [-0.2, 0) is 0 Å². The van der Waals surface area contributed by atoms with Gasteiger partial charge < -0.3 is 24.8 Å². The van der Waals surface area contributed by atoms with Crippen LogP contribution in [0.25, 0.3) is 0 Å². The third kappa shape index (κ3) is 5.83. The van der Waals surface area contributed by atoms with Crippen molar-refractivity contribution in [3.05, 3.63) is 34.9 Å². The number of aliphatic hydroxyl groups excluding tert-OH is 1. The molecule has 6 heteroatoms. The Morgan fingerprint density at radius 2 is 1.88 bits per heavy atom. The number of rotatable bonds is 9. The first kappa shape index (κ1) is 20.6. The van der Waals surface area contributed by atoms with Crippen LogP contribution >= 0.6 is 0 Å². The van der Waals surface area contributed by atoms with E-state index in [1.807, 2.05) is 26.8 Å². The van der Waals surface area contributed by atoms with E-state index in [1.165, 1.54) is 18.7 Å². The molecule has 0 fully saturated rings. The van der Waals surface area contributed by atoms with E-state index in [9.17, 15) is 15.0 Å². The Labute approximate surface area is 148 Å². The van der Waals surface area contributed by atoms with Crippen molar-refractivity contribution in [1.29, 1.82) is 0 Å². The van der Waals surface area contributed by atoms with E-state index < -0.39 is 18.1 Å². The molecule has 0 heterocycles. The smallest absolute Gasteiger partial charge is 0.203 e. The lowest BCUT2D eigenvalue weighted by Crippen LogP contribution is -2.09. The zero-order valence-corrected chi connectivity index (χ0v) is 15.1. The van der Waals surface area contributed by atoms with Crippen molar-refractivity contribution in [2.45, 2.75) is 33.6 Å². The second-order valence-corrected chi connectivity index (χ2v) is 5.91. The molecule has 1 rings (SSSR count). The maximum Gasteiger partial charge on any atom is 0.203 e. The third-order valence-corrected chi connectivity index (χ3v) is 3.59. The summed E-state index contributed by atoms with van der Waals surface area (Å²) in [4.78, 5) is 11.9. The molecule has 138 valence electrons. The highest BCUT2D eigenvalue weighted by Crippen LogP contribution is 2.44. The maximum atomic E-state index is 11.9. The van der Waals surface area contributed by atoms with E-state index >= 15 is 0 Å². The van der Waals surface area contributed by atoms with Crippen molar-refractivity contribution in [3.63, 3.8) is 0 Å². The van der Waals surface area contributed by atoms with Gasteiger partial charge in [0.15, 0.2) is 17.3 Å². The predicted octanol–water partition coefficient (Wildman–Crippen LogP) is 3.35. The van der Waals surface area contributed by atoms with Gasteiger partial charge in [-0.1, -0.05) is 17.2 Å². The second kappa shape index (κ2) is 9.74. The normalized spacial score (nSPS) is 11.2. The number of hydrogen-bond donors (Lipinski definition) is 3. The van der Waals surface area contributed by atoms with Crippen molar-refractivity contribution >= 4 is 5.78 Å². The number of aromatic hydroxyl groups is 2. The lowest BCUT2D eigenvalue weighted by atomic mass is 10.1. The Kier molecular flexibility index (Phi) is 8.01. The fourth-order valence-corrected chi connectivity index (χ4v) is 2.24. The number of methoxy groups -OCH3 is 1. The molecular weight excluding hydrogens is 324 g/mol. The minimum Gasteiger partial charge on any atom is -0.504 e. The summed E-state index contributed by atoms with van der Waals surface area (Å²) in [5.41, 5.74) is 2.17. The first-order valence-corrected chi connectivity index (χ1v) is 8.00. The average molecular weight is 350 g/mol. The van der Waals surface area contributed by atoms with Gasteiger partial charge >= 0.3 is 0 Å². The summed E-state index contributed by atoms with van der Waals surface area (Å²) in [7, 11) is 1.25. The topological polar surface area (TPSA) is 96.2 Å². The van der Waals surface area contributed by atoms with E-state index in [-0.39, 0.29) is 29.4 Å². The van der Waals surface area contributed by atoms with Crippen molar-refractivity contribution < 1.29 is 29.6 Å². The van der Waals surface area contributed by atoms with Crippen molar-refractivity contribution in [2.24, 2.45) is 0 Å². The Bertz CT molecular complexity index is 669. The molecule has 0 aliphatic rings. The predicted molar refractivity (Wildman–Crippen MR) is 95.7 cm³/mol. The Balaban J connectivity index is 2.94. The molecule has 0 saturated carbocycles. The molecule has 0 saturated heterocycles. The summed E-state index contributed by atoms with van der Waals surface area (Å²) in [6, 6.07) is 1.19. The van der Waals surface area contributed by atoms with Gasteiger partial charge in [-0.2, -0.15) is 0 Å². The van der Waals surface area contributed by atoms with Crippen LogP contribution < -0.4 is 9.47 Å². The molecule has 0 aliphatic carbocycles. The zero-order valence-electron chi connectivity index (χ0n) is 15.1. The summed E-state index contributed by atoms with van der Waals surface area (Å²) < 4.78 is 10.4. The van der Waals surface area contributed by atoms with Crippen LogP contribution in [0.4, 0.5) is 0 Å². The minimum atomic E-state index is -0.796. The SMILES string of the molecule is COc1c(O)cc(OCC=C(C)CCC=C(C)C)c(C(=O)CO)c1O. The Hall–Kier alpha value is -2.47. The minimum absolute atomic E-state index is 0.0109. The molecule has 6 nitrogen and oxygen atoms in total. The molecular formula is C19H26O6. The molecule has 0 spiro atoms. The summed E-state index contributed by atoms with van der Waals surface area (Å²) in [5.74, 6) is -1.88. The Morgan fingerprint density at radius 3 is 2.44 bits per heavy atom. The molecule has 0 bridgehead atoms. The lowest BCUT2D eigenvalue weighted by molar-refractivity contribution is 0.0896. The van der Waals surface area contributed by atoms with E-state index in [4.69, 9.17) is 14.6 Å². The molecule has 1 aromatic carbocycles. The van der Waals surface area contributed by atoms with E-state index in [0.29, 0.717) is 0 Å². The van der Waals surface area contributed by atoms with Gasteiger partial charge in [-0.05, 0) is 39.7 Å². The summed E-state index contributed by atoms with van der Waals surface area (Å²) >= 11 is 0. The van der Waals surface area contributed by atoms with Crippen LogP contribution in [0.15, 0.2) is 29.4 Å². The monoisotopic (exact) mass is 350 g/mol. The van der Waals surface area contributed by atoms with Crippen LogP contribution in [0.5, 0.6) is 23.0 Å². The van der Waals surface area contributed by atoms with Gasteiger partial charge in [0.25, 0.3) is 0 Å². The van der Waals surface area contributed by atoms with Gasteiger partial charge in [-0.25, -0.2) is 0 Å². The van der Waals surface area contributed by atoms with Crippen LogP contribution in [0.2, 0.25) is 0 Å². The van der Waals surface area contributed by atoms with E-state index in [2.05, 4.69) is 6.08 Å². The average Bonchev–Trinajstić information content (AvgIpc) is 2.54. The van der Waals surface area contributed by atoms with Gasteiger partial charge in [0.05, 0.1) is 7.11 Å². The number of hydrogen-bond acceptors (Lipinski definition) is 6. The molecule has 0 aromatic heterocycles. The number of allylic oxidation sites excluding steroid dienone is 3. The highest BCUT2D eigenvalue weighted by Gasteiger charge is 2.24. The molecule has 0 unspecified atom stereocenters. The van der Waals surface area contributed by atoms with E-state index in [1.54, 1.807) is 0 Å². The number of carbonyl (C=O) groups is 1. The number of carbonyl (C=O) groups excluding carboxylic acids is 1. The standard InChI is InChI=1S/C19H26O6/c1-12(2)6-5-7-13(3)8-9-25-16-10-14(21)19(24-4)18(23)17(16)15(22)11-20/h6,8,10,20-21,23H,5,7,9,11H2,1-4H3. The summed E-state index contributed by atoms with van der Waals surface area (Å²) in [6.07, 6.45) is 5.83. The van der Waals surface area contributed by atoms with Crippen molar-refractivity contribution in [3.8, 4) is 23.0 Å². The van der Waals surface area contributed by atoms with Gasteiger partial charge in [0.1, 0.15) is 24.5 Å². The lowest BCUT2D eigenvalue weighted by Gasteiger charge is -2.14. The number of benzene rings is 1. The maximum absolute atomic E-state index is 11.9. The van der Waals surface area contributed by atoms with Crippen LogP contribution in [0.3, 0.4) is 0 Å². The number of ketones is 1. The molecule has 1 aromatic rings. The Morgan fingerprint density at radius 1 is 1.20 bits per heavy atom. The quantitative estimate of drug-likeness (QED) is 0.467. The first-order chi connectivity index (χ1) is 11.8. The molecule has 0 atom stereocenters. The summed E-state index contributed by atoms with van der Waals surface area (Å²) in [6.45, 7) is 5.44. The molecule has 3 N–H and O–H groups in total. The molecule has 25 heavy (non-hydrogen) atoms. The van der Waals surface area contributed by atoms with Gasteiger partial charge in [0, 0.05) is 6.07 Å². The molecule has 0 aliphatic heterocycles. The number of ether oxygens (including phenoxy) is 2. The zero-order chi connectivity index (χ0) is 19.0. The summed E-state index contributed by atoms with van der Waals surface area (Å²) in [5, 5.41) is 29.1. The number of aliphatic hydroxyl groups is 1. The highest BCUT2D eigenvalue weighted by molar-refractivity contribution is 6.03. The second-order valence-electron chi connectivity index (χ2n) is 5.91. The number of phenolic OH excluding ortho intramolecular Hbond substituents is 2. The van der Waals surface area contributed by atoms with Gasteiger partial charge in [0.2, 0.25) is 5.75 Å². The van der Waals surface area contributed by atoms with Gasteiger partial charge in [-0.3, -0.25) is 4.79 Å². The van der Waals surface area contributed by atoms with Gasteiger partial charge in [-0.15, -0.1) is 0 Å². The molecule has 0 amide bonds. The largest absolute Gasteiger partial charge is 0.504 e. The van der Waals surface area contributed by atoms with Crippen molar-refractivity contribution in [1.82, 2.24) is 0 Å². The number of Topliss-reactive ketones (excluding diaryl/α,β-unsaturated/α-hetero) is 1. The molecule has 0 radical (unpaired) electrons.